The summed E-state index contributed by atoms with van der Waals surface area (Å²) in [6.45, 7) is 4.55. The Morgan fingerprint density at radius 1 is 1.07 bits per heavy atom. The number of benzene rings is 1. The van der Waals surface area contributed by atoms with Crippen LogP contribution in [-0.2, 0) is 24.2 Å². The summed E-state index contributed by atoms with van der Waals surface area (Å²) >= 11 is 0. The highest BCUT2D eigenvalue weighted by Gasteiger charge is 2.21. The fourth-order valence-corrected chi connectivity index (χ4v) is 3.06. The lowest BCUT2D eigenvalue weighted by molar-refractivity contribution is -0.117. The van der Waals surface area contributed by atoms with Crippen LogP contribution >= 0.6 is 0 Å². The predicted molar refractivity (Wildman–Crippen MR) is 113 cm³/mol. The van der Waals surface area contributed by atoms with Gasteiger partial charge in [0.15, 0.2) is 5.69 Å². The summed E-state index contributed by atoms with van der Waals surface area (Å²) in [6.07, 6.45) is 5.08. The number of nitrogen functional groups attached to an aromatic ring is 1. The van der Waals surface area contributed by atoms with Crippen molar-refractivity contribution in [2.45, 2.75) is 58.9 Å². The molecule has 1 aromatic carbocycles. The summed E-state index contributed by atoms with van der Waals surface area (Å²) in [7, 11) is 1.51. The lowest BCUT2D eigenvalue weighted by atomic mass is 10.0. The quantitative estimate of drug-likeness (QED) is 0.691. The average Bonchev–Trinajstić information content (AvgIpc) is 2.67. The van der Waals surface area contributed by atoms with E-state index in [4.69, 9.17) is 5.73 Å². The topological polar surface area (TPSA) is 101 Å². The molecule has 0 aliphatic heterocycles. The number of nitrogens with two attached hydrogens (primary N) is 1. The number of rotatable bonds is 9. The number of aromatic amines is 1. The molecule has 1 amide bonds. The van der Waals surface area contributed by atoms with E-state index in [0.717, 1.165) is 37.7 Å². The van der Waals surface area contributed by atoms with Crippen molar-refractivity contribution in [3.63, 3.8) is 0 Å². The summed E-state index contributed by atoms with van der Waals surface area (Å²) in [6, 6.07) is 7.94. The lowest BCUT2D eigenvalue weighted by Gasteiger charge is -2.20. The monoisotopic (exact) mass is 386 g/mol. The Bertz CT molecular complexity index is 913. The third-order valence-electron chi connectivity index (χ3n) is 4.86. The van der Waals surface area contributed by atoms with Crippen LogP contribution in [0.3, 0.4) is 0 Å². The lowest BCUT2D eigenvalue weighted by Crippen LogP contribution is -2.39. The zero-order valence-electron chi connectivity index (χ0n) is 17.0. The smallest absolute Gasteiger partial charge is 0.330 e. The van der Waals surface area contributed by atoms with Crippen LogP contribution in [0.1, 0.15) is 50.7 Å². The van der Waals surface area contributed by atoms with Crippen LogP contribution in [0.15, 0.2) is 33.9 Å². The number of aryl methyl sites for hydroxylation is 1. The number of unbranched alkanes of at least 4 members (excludes halogenated alkanes) is 2. The first-order valence-electron chi connectivity index (χ1n) is 9.86. The van der Waals surface area contributed by atoms with E-state index in [0.29, 0.717) is 6.54 Å². The molecule has 0 spiro atoms. The van der Waals surface area contributed by atoms with E-state index >= 15 is 0 Å². The van der Waals surface area contributed by atoms with Gasteiger partial charge in [0.25, 0.3) is 5.56 Å². The van der Waals surface area contributed by atoms with E-state index in [1.165, 1.54) is 22.1 Å². The first-order valence-corrected chi connectivity index (χ1v) is 9.86. The van der Waals surface area contributed by atoms with Gasteiger partial charge in [-0.25, -0.2) is 4.79 Å². The zero-order chi connectivity index (χ0) is 20.7. The SMILES string of the molecule is CCCCc1ccc(CC(=O)N(C)c2c(N)n(CCCC)c(=O)[nH]c2=O)cc1. The molecule has 0 fully saturated rings. The number of hydrogen-bond donors (Lipinski definition) is 2. The van der Waals surface area contributed by atoms with Crippen LogP contribution in [0.2, 0.25) is 0 Å². The van der Waals surface area contributed by atoms with E-state index in [9.17, 15) is 14.4 Å². The van der Waals surface area contributed by atoms with Crippen molar-refractivity contribution in [2.75, 3.05) is 17.7 Å². The van der Waals surface area contributed by atoms with E-state index in [2.05, 4.69) is 11.9 Å². The van der Waals surface area contributed by atoms with Crippen molar-refractivity contribution < 1.29 is 4.79 Å². The standard InChI is InChI=1S/C21H30N4O3/c1-4-6-8-15-9-11-16(12-10-15)14-17(26)24(3)18-19(22)25(13-7-5-2)21(28)23-20(18)27/h9-12H,4-8,13-14,22H2,1-3H3,(H,23,27,28). The number of carbonyl (C=O) groups is 1. The van der Waals surface area contributed by atoms with Gasteiger partial charge in [-0.1, -0.05) is 51.0 Å². The van der Waals surface area contributed by atoms with Gasteiger partial charge in [-0.15, -0.1) is 0 Å². The highest BCUT2D eigenvalue weighted by Crippen LogP contribution is 2.17. The molecule has 152 valence electrons. The van der Waals surface area contributed by atoms with Gasteiger partial charge in [0.2, 0.25) is 5.91 Å². The van der Waals surface area contributed by atoms with E-state index in [-0.39, 0.29) is 23.8 Å². The maximum absolute atomic E-state index is 12.7. The van der Waals surface area contributed by atoms with Crippen molar-refractivity contribution in [2.24, 2.45) is 0 Å². The minimum Gasteiger partial charge on any atom is -0.383 e. The fraction of sp³-hybridized carbons (Fsp3) is 0.476. The highest BCUT2D eigenvalue weighted by molar-refractivity contribution is 5.96. The molecule has 0 aliphatic carbocycles. The molecule has 2 aromatic rings. The summed E-state index contributed by atoms with van der Waals surface area (Å²) < 4.78 is 1.31. The number of carbonyl (C=O) groups excluding carboxylic acids is 1. The van der Waals surface area contributed by atoms with Gasteiger partial charge in [0, 0.05) is 13.6 Å². The number of H-pyrrole nitrogens is 1. The van der Waals surface area contributed by atoms with Crippen LogP contribution in [-0.4, -0.2) is 22.5 Å². The normalized spacial score (nSPS) is 10.8. The number of likely N-dealkylation sites (N-methyl/N-ethyl adjacent to an activating group) is 1. The largest absolute Gasteiger partial charge is 0.383 e. The Hall–Kier alpha value is -2.83. The first kappa shape index (κ1) is 21.5. The van der Waals surface area contributed by atoms with Crippen LogP contribution in [0.25, 0.3) is 0 Å². The van der Waals surface area contributed by atoms with Crippen molar-refractivity contribution in [3.05, 3.63) is 56.2 Å². The van der Waals surface area contributed by atoms with Crippen LogP contribution in [0.4, 0.5) is 11.5 Å². The second kappa shape index (κ2) is 9.92. The minimum atomic E-state index is -0.652. The molecule has 3 N–H and O–H groups in total. The van der Waals surface area contributed by atoms with Gasteiger partial charge in [-0.2, -0.15) is 0 Å². The third-order valence-corrected chi connectivity index (χ3v) is 4.86. The molecule has 0 atom stereocenters. The van der Waals surface area contributed by atoms with Gasteiger partial charge >= 0.3 is 5.69 Å². The molecule has 7 heteroatoms. The van der Waals surface area contributed by atoms with E-state index in [1.807, 2.05) is 31.2 Å². The van der Waals surface area contributed by atoms with Gasteiger partial charge in [-0.05, 0) is 30.4 Å². The number of hydrogen-bond acceptors (Lipinski definition) is 4. The Morgan fingerprint density at radius 3 is 2.29 bits per heavy atom. The maximum Gasteiger partial charge on any atom is 0.330 e. The summed E-state index contributed by atoms with van der Waals surface area (Å²) in [4.78, 5) is 40.5. The van der Waals surface area contributed by atoms with Crippen LogP contribution in [0, 0.1) is 0 Å². The molecule has 0 aliphatic rings. The molecular weight excluding hydrogens is 356 g/mol. The maximum atomic E-state index is 12.7. The predicted octanol–water partition coefficient (Wildman–Crippen LogP) is 2.47. The van der Waals surface area contributed by atoms with Gasteiger partial charge in [0.1, 0.15) is 5.82 Å². The van der Waals surface area contributed by atoms with Crippen molar-refractivity contribution in [3.8, 4) is 0 Å². The number of nitrogens with zero attached hydrogens (tertiary/aromatic N) is 2. The zero-order valence-corrected chi connectivity index (χ0v) is 17.0. The van der Waals surface area contributed by atoms with Gasteiger partial charge in [-0.3, -0.25) is 19.1 Å². The number of aromatic nitrogens is 2. The summed E-state index contributed by atoms with van der Waals surface area (Å²) in [5, 5.41) is 0. The molecule has 1 aromatic heterocycles. The van der Waals surface area contributed by atoms with Gasteiger partial charge in [0.05, 0.1) is 6.42 Å². The molecule has 0 saturated heterocycles. The molecule has 0 bridgehead atoms. The van der Waals surface area contributed by atoms with Crippen LogP contribution < -0.4 is 21.9 Å². The summed E-state index contributed by atoms with van der Waals surface area (Å²) in [5.41, 5.74) is 7.00. The molecular formula is C21H30N4O3. The molecule has 1 heterocycles. The number of anilines is 2. The minimum absolute atomic E-state index is 0.0141. The average molecular weight is 386 g/mol. The van der Waals surface area contributed by atoms with E-state index < -0.39 is 11.2 Å². The second-order valence-corrected chi connectivity index (χ2v) is 7.05. The van der Waals surface area contributed by atoms with Crippen molar-refractivity contribution in [1.29, 1.82) is 0 Å². The van der Waals surface area contributed by atoms with Crippen LogP contribution in [0.5, 0.6) is 0 Å². The number of nitrogens with one attached hydrogen (secondary N) is 1. The van der Waals surface area contributed by atoms with Crippen molar-refractivity contribution in [1.82, 2.24) is 9.55 Å². The molecule has 28 heavy (non-hydrogen) atoms. The first-order chi connectivity index (χ1) is 13.4. The summed E-state index contributed by atoms with van der Waals surface area (Å²) in [5.74, 6) is -0.243. The third kappa shape index (κ3) is 5.12. The Balaban J connectivity index is 2.20. The molecule has 2 rings (SSSR count). The highest BCUT2D eigenvalue weighted by atomic mass is 16.2. The second-order valence-electron chi connectivity index (χ2n) is 7.05. The Morgan fingerprint density at radius 2 is 1.68 bits per heavy atom. The Kier molecular flexibility index (Phi) is 7.61. The molecule has 0 unspecified atom stereocenters. The Labute approximate surface area is 165 Å². The van der Waals surface area contributed by atoms with E-state index in [1.54, 1.807) is 0 Å². The van der Waals surface area contributed by atoms with Gasteiger partial charge < -0.3 is 10.6 Å². The van der Waals surface area contributed by atoms with Crippen molar-refractivity contribution >= 4 is 17.4 Å². The molecule has 0 saturated carbocycles. The fourth-order valence-electron chi connectivity index (χ4n) is 3.06. The molecule has 0 radical (unpaired) electrons. The molecule has 7 nitrogen and oxygen atoms in total. The number of amides is 1.